The number of nitrogens with one attached hydrogen (secondary N) is 1. The Bertz CT molecular complexity index is 178. The van der Waals surface area contributed by atoms with Gasteiger partial charge in [0.15, 0.2) is 0 Å². The molecule has 1 N–H and O–H groups in total. The zero-order valence-corrected chi connectivity index (χ0v) is 12.5. The van der Waals surface area contributed by atoms with Gasteiger partial charge in [0.05, 0.1) is 0 Å². The number of ether oxygens (including phenoxy) is 1. The Labute approximate surface area is 114 Å². The molecule has 0 radical (unpaired) electrons. The van der Waals surface area contributed by atoms with E-state index in [0.29, 0.717) is 0 Å². The third-order valence-corrected chi connectivity index (χ3v) is 4.32. The molecule has 1 aliphatic rings. The minimum atomic E-state index is 0.756. The lowest BCUT2D eigenvalue weighted by Gasteiger charge is -2.22. The van der Waals surface area contributed by atoms with Crippen LogP contribution in [0.3, 0.4) is 0 Å². The predicted molar refractivity (Wildman–Crippen MR) is 79.0 cm³/mol. The molecule has 0 aromatic carbocycles. The minimum absolute atomic E-state index is 0.756. The van der Waals surface area contributed by atoms with Crippen LogP contribution in [0.5, 0.6) is 0 Å². The molecule has 2 heteroatoms. The molecule has 1 aliphatic heterocycles. The molecule has 0 bridgehead atoms. The Morgan fingerprint density at radius 3 is 2.33 bits per heavy atom. The van der Waals surface area contributed by atoms with Gasteiger partial charge in [-0.15, -0.1) is 0 Å². The predicted octanol–water partition coefficient (Wildman–Crippen LogP) is 4.14. The second-order valence-corrected chi connectivity index (χ2v) is 5.82. The van der Waals surface area contributed by atoms with Crippen LogP contribution in [0, 0.1) is 5.92 Å². The number of rotatable bonds is 10. The van der Waals surface area contributed by atoms with E-state index < -0.39 is 0 Å². The minimum Gasteiger partial charge on any atom is -0.381 e. The zero-order chi connectivity index (χ0) is 13.1. The standard InChI is InChI=1S/C16H33NO/c1-3-4-5-9-16(17-2)10-7-6-8-15-11-13-18-14-12-15/h15-17H,3-14H2,1-2H3. The molecule has 18 heavy (non-hydrogen) atoms. The van der Waals surface area contributed by atoms with Crippen molar-refractivity contribution in [2.75, 3.05) is 20.3 Å². The summed E-state index contributed by atoms with van der Waals surface area (Å²) in [4.78, 5) is 0. The maximum absolute atomic E-state index is 5.41. The van der Waals surface area contributed by atoms with Crippen molar-refractivity contribution in [2.45, 2.75) is 77.2 Å². The Balaban J connectivity index is 1.96. The van der Waals surface area contributed by atoms with Crippen molar-refractivity contribution in [3.63, 3.8) is 0 Å². The van der Waals surface area contributed by atoms with Crippen molar-refractivity contribution in [1.82, 2.24) is 5.32 Å². The average Bonchev–Trinajstić information content (AvgIpc) is 2.43. The normalized spacial score (nSPS) is 19.0. The molecule has 0 aliphatic carbocycles. The van der Waals surface area contributed by atoms with E-state index in [4.69, 9.17) is 4.74 Å². The van der Waals surface area contributed by atoms with Gasteiger partial charge in [-0.25, -0.2) is 0 Å². The van der Waals surface area contributed by atoms with Gasteiger partial charge in [0, 0.05) is 19.3 Å². The van der Waals surface area contributed by atoms with E-state index in [1.807, 2.05) is 0 Å². The van der Waals surface area contributed by atoms with Gasteiger partial charge in [0.2, 0.25) is 0 Å². The highest BCUT2D eigenvalue weighted by atomic mass is 16.5. The van der Waals surface area contributed by atoms with Gasteiger partial charge in [-0.1, -0.05) is 45.4 Å². The quantitative estimate of drug-likeness (QED) is 0.592. The lowest BCUT2D eigenvalue weighted by Crippen LogP contribution is -2.25. The molecule has 0 amide bonds. The largest absolute Gasteiger partial charge is 0.381 e. The molecule has 0 saturated carbocycles. The fraction of sp³-hybridized carbons (Fsp3) is 1.00. The molecule has 0 aromatic rings. The van der Waals surface area contributed by atoms with E-state index in [-0.39, 0.29) is 0 Å². The number of unbranched alkanes of at least 4 members (excludes halogenated alkanes) is 3. The van der Waals surface area contributed by atoms with Crippen molar-refractivity contribution in [1.29, 1.82) is 0 Å². The third kappa shape index (κ3) is 7.38. The van der Waals surface area contributed by atoms with E-state index >= 15 is 0 Å². The van der Waals surface area contributed by atoms with E-state index in [1.165, 1.54) is 64.2 Å². The fourth-order valence-electron chi connectivity index (χ4n) is 2.93. The lowest BCUT2D eigenvalue weighted by atomic mass is 9.93. The van der Waals surface area contributed by atoms with Crippen molar-refractivity contribution in [3.8, 4) is 0 Å². The van der Waals surface area contributed by atoms with Crippen molar-refractivity contribution < 1.29 is 4.74 Å². The van der Waals surface area contributed by atoms with E-state index in [2.05, 4.69) is 19.3 Å². The van der Waals surface area contributed by atoms with Crippen LogP contribution in [0.2, 0.25) is 0 Å². The second-order valence-electron chi connectivity index (χ2n) is 5.82. The summed E-state index contributed by atoms with van der Waals surface area (Å²) in [7, 11) is 2.12. The van der Waals surface area contributed by atoms with Crippen LogP contribution in [0.1, 0.15) is 71.1 Å². The van der Waals surface area contributed by atoms with Crippen LogP contribution in [-0.2, 0) is 4.74 Å². The molecule has 2 nitrogen and oxygen atoms in total. The molecule has 1 unspecified atom stereocenters. The monoisotopic (exact) mass is 255 g/mol. The van der Waals surface area contributed by atoms with E-state index in [1.54, 1.807) is 0 Å². The summed E-state index contributed by atoms with van der Waals surface area (Å²) in [6.07, 6.45) is 13.7. The summed E-state index contributed by atoms with van der Waals surface area (Å²) in [5.74, 6) is 0.951. The van der Waals surface area contributed by atoms with Gasteiger partial charge >= 0.3 is 0 Å². The topological polar surface area (TPSA) is 21.3 Å². The summed E-state index contributed by atoms with van der Waals surface area (Å²) in [6.45, 7) is 4.28. The van der Waals surface area contributed by atoms with Crippen LogP contribution in [-0.4, -0.2) is 26.3 Å². The van der Waals surface area contributed by atoms with Gasteiger partial charge in [0.25, 0.3) is 0 Å². The van der Waals surface area contributed by atoms with Crippen LogP contribution in [0.4, 0.5) is 0 Å². The second kappa shape index (κ2) is 10.8. The molecule has 1 rings (SSSR count). The average molecular weight is 255 g/mol. The zero-order valence-electron chi connectivity index (χ0n) is 12.5. The van der Waals surface area contributed by atoms with Gasteiger partial charge < -0.3 is 10.1 Å². The highest BCUT2D eigenvalue weighted by Gasteiger charge is 2.13. The summed E-state index contributed by atoms with van der Waals surface area (Å²) in [5, 5.41) is 3.48. The molecular formula is C16H33NO. The smallest absolute Gasteiger partial charge is 0.0468 e. The molecule has 1 atom stereocenters. The summed E-state index contributed by atoms with van der Waals surface area (Å²) >= 11 is 0. The molecule has 1 heterocycles. The molecular weight excluding hydrogens is 222 g/mol. The first-order valence-corrected chi connectivity index (χ1v) is 8.11. The lowest BCUT2D eigenvalue weighted by molar-refractivity contribution is 0.0630. The van der Waals surface area contributed by atoms with Crippen molar-refractivity contribution in [3.05, 3.63) is 0 Å². The number of hydrogen-bond donors (Lipinski definition) is 1. The first kappa shape index (κ1) is 16.0. The van der Waals surface area contributed by atoms with Gasteiger partial charge in [0.1, 0.15) is 0 Å². The first-order valence-electron chi connectivity index (χ1n) is 8.11. The van der Waals surface area contributed by atoms with Crippen LogP contribution in [0.25, 0.3) is 0 Å². The Morgan fingerprint density at radius 2 is 1.72 bits per heavy atom. The molecule has 0 spiro atoms. The van der Waals surface area contributed by atoms with Crippen LogP contribution < -0.4 is 5.32 Å². The SMILES string of the molecule is CCCCCC(CCCCC1CCOCC1)NC. The first-order chi connectivity index (χ1) is 8.86. The Hall–Kier alpha value is -0.0800. The molecule has 1 fully saturated rings. The van der Waals surface area contributed by atoms with Crippen molar-refractivity contribution in [2.24, 2.45) is 5.92 Å². The van der Waals surface area contributed by atoms with E-state index in [0.717, 1.165) is 25.2 Å². The number of hydrogen-bond acceptors (Lipinski definition) is 2. The summed E-state index contributed by atoms with van der Waals surface area (Å²) < 4.78 is 5.41. The summed E-state index contributed by atoms with van der Waals surface area (Å²) in [6, 6.07) is 0.756. The van der Waals surface area contributed by atoms with Crippen LogP contribution >= 0.6 is 0 Å². The van der Waals surface area contributed by atoms with Crippen LogP contribution in [0.15, 0.2) is 0 Å². The van der Waals surface area contributed by atoms with Gasteiger partial charge in [-0.05, 0) is 38.6 Å². The summed E-state index contributed by atoms with van der Waals surface area (Å²) in [5.41, 5.74) is 0. The fourth-order valence-corrected chi connectivity index (χ4v) is 2.93. The maximum Gasteiger partial charge on any atom is 0.0468 e. The molecule has 108 valence electrons. The van der Waals surface area contributed by atoms with E-state index in [9.17, 15) is 0 Å². The Morgan fingerprint density at radius 1 is 1.06 bits per heavy atom. The molecule has 0 aromatic heterocycles. The van der Waals surface area contributed by atoms with Gasteiger partial charge in [-0.2, -0.15) is 0 Å². The highest BCUT2D eigenvalue weighted by molar-refractivity contribution is 4.67. The van der Waals surface area contributed by atoms with Gasteiger partial charge in [-0.3, -0.25) is 0 Å². The maximum atomic E-state index is 5.41. The highest BCUT2D eigenvalue weighted by Crippen LogP contribution is 2.21. The molecule has 1 saturated heterocycles. The Kier molecular flexibility index (Phi) is 9.59. The third-order valence-electron chi connectivity index (χ3n) is 4.32. The van der Waals surface area contributed by atoms with Crippen molar-refractivity contribution >= 4 is 0 Å².